The van der Waals surface area contributed by atoms with E-state index in [9.17, 15) is 4.79 Å². The molecule has 0 radical (unpaired) electrons. The predicted molar refractivity (Wildman–Crippen MR) is 35.4 cm³/mol. The molecule has 0 unspecified atom stereocenters. The number of carbonyl (C=O) groups is 1. The van der Waals surface area contributed by atoms with E-state index in [2.05, 4.69) is 5.32 Å². The van der Waals surface area contributed by atoms with Crippen LogP contribution in [0.3, 0.4) is 0 Å². The zero-order chi connectivity index (χ0) is 6.41. The van der Waals surface area contributed by atoms with E-state index in [0.717, 1.165) is 0 Å². The van der Waals surface area contributed by atoms with Crippen LogP contribution >= 0.6 is 0 Å². The van der Waals surface area contributed by atoms with Crippen LogP contribution in [0.5, 0.6) is 0 Å². The first-order valence-electron chi connectivity index (χ1n) is 2.68. The number of nitrogens with one attached hydrogen (secondary N) is 1. The minimum atomic E-state index is -0.0880. The summed E-state index contributed by atoms with van der Waals surface area (Å²) in [6.07, 6.45) is 0.216. The minimum absolute atomic E-state index is 0. The van der Waals surface area contributed by atoms with E-state index in [4.69, 9.17) is 5.11 Å². The summed E-state index contributed by atoms with van der Waals surface area (Å²) in [7, 11) is 0. The molecular weight excluding hydrogens is 120 g/mol. The molecule has 0 bridgehead atoms. The van der Waals surface area contributed by atoms with Gasteiger partial charge in [-0.1, -0.05) is 0 Å². The number of carbonyl (C=O) groups excluding carboxylic acids is 1. The lowest BCUT2D eigenvalue weighted by Crippen LogP contribution is -2.23. The molecule has 0 aromatic heterocycles. The lowest BCUT2D eigenvalue weighted by Gasteiger charge is -1.96. The van der Waals surface area contributed by atoms with Gasteiger partial charge in [0.2, 0.25) is 5.91 Å². The van der Waals surface area contributed by atoms with Gasteiger partial charge in [-0.05, 0) is 6.92 Å². The summed E-state index contributed by atoms with van der Waals surface area (Å²) in [5.74, 6) is -0.0880. The van der Waals surface area contributed by atoms with Crippen LogP contribution in [-0.2, 0) is 4.79 Å². The topological polar surface area (TPSA) is 84.3 Å². The summed E-state index contributed by atoms with van der Waals surface area (Å²) in [5, 5.41) is 10.7. The van der Waals surface area contributed by atoms with Crippen molar-refractivity contribution in [1.29, 1.82) is 0 Å². The molecule has 9 heavy (non-hydrogen) atoms. The maximum atomic E-state index is 10.4. The molecular formula is C5H14N2O2. The highest BCUT2D eigenvalue weighted by Gasteiger charge is 1.93. The van der Waals surface area contributed by atoms with Gasteiger partial charge in [0.05, 0.1) is 6.61 Å². The highest BCUT2D eigenvalue weighted by molar-refractivity contribution is 5.75. The van der Waals surface area contributed by atoms with Crippen LogP contribution in [0.4, 0.5) is 0 Å². The summed E-state index contributed by atoms with van der Waals surface area (Å²) in [4.78, 5) is 10.4. The number of hydrogen-bond acceptors (Lipinski definition) is 3. The summed E-state index contributed by atoms with van der Waals surface area (Å²) in [5.41, 5.74) is 0. The Balaban J connectivity index is 0. The first-order valence-corrected chi connectivity index (χ1v) is 2.68. The molecule has 0 atom stereocenters. The molecule has 0 aromatic rings. The van der Waals surface area contributed by atoms with Crippen molar-refractivity contribution in [3.63, 3.8) is 0 Å². The van der Waals surface area contributed by atoms with Gasteiger partial charge in [0.15, 0.2) is 0 Å². The minimum Gasteiger partial charge on any atom is -0.396 e. The van der Waals surface area contributed by atoms with Crippen molar-refractivity contribution >= 4 is 5.91 Å². The van der Waals surface area contributed by atoms with Gasteiger partial charge in [-0.2, -0.15) is 0 Å². The first-order chi connectivity index (χ1) is 3.81. The molecule has 0 aliphatic carbocycles. The molecule has 1 amide bonds. The number of aliphatic hydroxyl groups excluding tert-OH is 1. The van der Waals surface area contributed by atoms with E-state index in [0.29, 0.717) is 6.54 Å². The maximum Gasteiger partial charge on any atom is 0.222 e. The van der Waals surface area contributed by atoms with E-state index < -0.39 is 0 Å². The van der Waals surface area contributed by atoms with Crippen molar-refractivity contribution in [3.8, 4) is 0 Å². The second kappa shape index (κ2) is 7.39. The summed E-state index contributed by atoms with van der Waals surface area (Å²) >= 11 is 0. The van der Waals surface area contributed by atoms with Crippen molar-refractivity contribution in [1.82, 2.24) is 11.5 Å². The van der Waals surface area contributed by atoms with Gasteiger partial charge in [0, 0.05) is 13.0 Å². The SMILES string of the molecule is CCNC(=O)CCO.N. The van der Waals surface area contributed by atoms with Gasteiger partial charge in [0.1, 0.15) is 0 Å². The Morgan fingerprint density at radius 1 is 1.67 bits per heavy atom. The monoisotopic (exact) mass is 134 g/mol. The third-order valence-electron chi connectivity index (χ3n) is 0.713. The highest BCUT2D eigenvalue weighted by Crippen LogP contribution is 1.73. The number of aliphatic hydroxyl groups is 1. The quantitative estimate of drug-likeness (QED) is 0.494. The molecule has 0 aromatic carbocycles. The molecule has 0 saturated heterocycles. The van der Waals surface area contributed by atoms with Gasteiger partial charge < -0.3 is 16.6 Å². The van der Waals surface area contributed by atoms with E-state index in [1.165, 1.54) is 0 Å². The molecule has 4 nitrogen and oxygen atoms in total. The maximum absolute atomic E-state index is 10.4. The van der Waals surface area contributed by atoms with Crippen LogP contribution in [0.25, 0.3) is 0 Å². The second-order valence-electron chi connectivity index (χ2n) is 1.43. The Bertz CT molecular complexity index is 67.4. The molecule has 5 N–H and O–H groups in total. The van der Waals surface area contributed by atoms with Crippen LogP contribution < -0.4 is 11.5 Å². The first kappa shape index (κ1) is 11.2. The standard InChI is InChI=1S/C5H11NO2.H3N/c1-2-6-5(8)3-4-7;/h7H,2-4H2,1H3,(H,6,8);1H3. The molecule has 0 heterocycles. The summed E-state index contributed by atoms with van der Waals surface area (Å²) in [6.45, 7) is 2.42. The summed E-state index contributed by atoms with van der Waals surface area (Å²) in [6, 6.07) is 0. The largest absolute Gasteiger partial charge is 0.396 e. The van der Waals surface area contributed by atoms with E-state index in [-0.39, 0.29) is 25.1 Å². The fourth-order valence-corrected chi connectivity index (χ4v) is 0.387. The van der Waals surface area contributed by atoms with E-state index in [1.54, 1.807) is 0 Å². The van der Waals surface area contributed by atoms with Gasteiger partial charge >= 0.3 is 0 Å². The highest BCUT2D eigenvalue weighted by atomic mass is 16.3. The van der Waals surface area contributed by atoms with Crippen molar-refractivity contribution in [3.05, 3.63) is 0 Å². The van der Waals surface area contributed by atoms with Crippen molar-refractivity contribution in [2.24, 2.45) is 0 Å². The fourth-order valence-electron chi connectivity index (χ4n) is 0.387. The normalized spacial score (nSPS) is 7.78. The van der Waals surface area contributed by atoms with Gasteiger partial charge in [-0.25, -0.2) is 0 Å². The Hall–Kier alpha value is -0.610. The van der Waals surface area contributed by atoms with E-state index in [1.807, 2.05) is 6.92 Å². The lowest BCUT2D eigenvalue weighted by atomic mass is 10.4. The molecule has 4 heteroatoms. The Morgan fingerprint density at radius 2 is 2.22 bits per heavy atom. The van der Waals surface area contributed by atoms with Crippen molar-refractivity contribution < 1.29 is 9.90 Å². The van der Waals surface area contributed by atoms with Crippen LogP contribution in [0.15, 0.2) is 0 Å². The molecule has 0 fully saturated rings. The molecule has 0 rings (SSSR count). The number of rotatable bonds is 3. The van der Waals surface area contributed by atoms with Crippen LogP contribution in [0.1, 0.15) is 13.3 Å². The average molecular weight is 134 g/mol. The molecule has 0 saturated carbocycles. The average Bonchev–Trinajstić information content (AvgIpc) is 1.68. The van der Waals surface area contributed by atoms with Gasteiger partial charge in [-0.15, -0.1) is 0 Å². The van der Waals surface area contributed by atoms with Crippen molar-refractivity contribution in [2.45, 2.75) is 13.3 Å². The Kier molecular flexibility index (Phi) is 9.21. The second-order valence-corrected chi connectivity index (χ2v) is 1.43. The van der Waals surface area contributed by atoms with Gasteiger partial charge in [-0.3, -0.25) is 4.79 Å². The lowest BCUT2D eigenvalue weighted by molar-refractivity contribution is -0.121. The number of amides is 1. The summed E-state index contributed by atoms with van der Waals surface area (Å²) < 4.78 is 0. The smallest absolute Gasteiger partial charge is 0.222 e. The number of hydrogen-bond donors (Lipinski definition) is 3. The van der Waals surface area contributed by atoms with Crippen molar-refractivity contribution in [2.75, 3.05) is 13.2 Å². The van der Waals surface area contributed by atoms with E-state index >= 15 is 0 Å². The molecule has 56 valence electrons. The van der Waals surface area contributed by atoms with Crippen LogP contribution in [0, 0.1) is 0 Å². The van der Waals surface area contributed by atoms with Crippen LogP contribution in [0.2, 0.25) is 0 Å². The van der Waals surface area contributed by atoms with Gasteiger partial charge in [0.25, 0.3) is 0 Å². The third-order valence-corrected chi connectivity index (χ3v) is 0.713. The Morgan fingerprint density at radius 3 is 2.56 bits per heavy atom. The zero-order valence-electron chi connectivity index (χ0n) is 5.68. The molecule has 0 aliphatic rings. The Labute approximate surface area is 54.8 Å². The molecule has 0 spiro atoms. The zero-order valence-corrected chi connectivity index (χ0v) is 5.68. The predicted octanol–water partition coefficient (Wildman–Crippen LogP) is -0.333. The van der Waals surface area contributed by atoms with Crippen LogP contribution in [-0.4, -0.2) is 24.2 Å². The molecule has 0 aliphatic heterocycles. The fraction of sp³-hybridized carbons (Fsp3) is 0.800. The third kappa shape index (κ3) is 7.39.